The summed E-state index contributed by atoms with van der Waals surface area (Å²) in [5.41, 5.74) is 3.21. The number of ether oxygens (including phenoxy) is 2. The number of anilines is 1. The predicted molar refractivity (Wildman–Crippen MR) is 120 cm³/mol. The van der Waals surface area contributed by atoms with E-state index in [2.05, 4.69) is 10.3 Å². The number of nitrogens with one attached hydrogen (secondary N) is 1. The Morgan fingerprint density at radius 3 is 2.03 bits per heavy atom. The van der Waals surface area contributed by atoms with Gasteiger partial charge >= 0.3 is 0 Å². The standard InChI is InChI=1S/C24H20N2O3S/c1-16-25-23(15-30-16)17-3-5-18(6-4-17)24(27)26-19-7-9-21(10-8-19)29-22-13-11-20(28-2)12-14-22/h3-15H,1-2H3,(H,26,27). The molecule has 0 aliphatic heterocycles. The Morgan fingerprint density at radius 1 is 0.867 bits per heavy atom. The van der Waals surface area contributed by atoms with Crippen LogP contribution in [0.15, 0.2) is 78.2 Å². The van der Waals surface area contributed by atoms with Crippen molar-refractivity contribution in [3.8, 4) is 28.5 Å². The lowest BCUT2D eigenvalue weighted by atomic mass is 10.1. The van der Waals surface area contributed by atoms with Crippen LogP contribution in [0.25, 0.3) is 11.3 Å². The topological polar surface area (TPSA) is 60.5 Å². The maximum Gasteiger partial charge on any atom is 0.255 e. The molecule has 6 heteroatoms. The second-order valence-corrected chi connectivity index (χ2v) is 7.65. The van der Waals surface area contributed by atoms with E-state index < -0.39 is 0 Å². The summed E-state index contributed by atoms with van der Waals surface area (Å²) in [4.78, 5) is 17.0. The molecule has 0 unspecified atom stereocenters. The highest BCUT2D eigenvalue weighted by Gasteiger charge is 2.08. The highest BCUT2D eigenvalue weighted by atomic mass is 32.1. The van der Waals surface area contributed by atoms with Crippen LogP contribution in [0.3, 0.4) is 0 Å². The van der Waals surface area contributed by atoms with Crippen LogP contribution in [-0.2, 0) is 0 Å². The summed E-state index contributed by atoms with van der Waals surface area (Å²) in [6, 6.07) is 22.0. The van der Waals surface area contributed by atoms with Crippen molar-refractivity contribution in [2.24, 2.45) is 0 Å². The minimum absolute atomic E-state index is 0.167. The van der Waals surface area contributed by atoms with Crippen LogP contribution in [0.1, 0.15) is 15.4 Å². The lowest BCUT2D eigenvalue weighted by Crippen LogP contribution is -2.11. The Labute approximate surface area is 178 Å². The molecule has 0 atom stereocenters. The number of nitrogens with zero attached hydrogens (tertiary/aromatic N) is 1. The van der Waals surface area contributed by atoms with E-state index >= 15 is 0 Å². The molecule has 0 fully saturated rings. The highest BCUT2D eigenvalue weighted by Crippen LogP contribution is 2.26. The fourth-order valence-electron chi connectivity index (χ4n) is 2.88. The van der Waals surface area contributed by atoms with Crippen molar-refractivity contribution in [1.29, 1.82) is 0 Å². The monoisotopic (exact) mass is 416 g/mol. The number of aromatic nitrogens is 1. The number of methoxy groups -OCH3 is 1. The number of amides is 1. The molecule has 1 aromatic heterocycles. The number of hydrogen-bond acceptors (Lipinski definition) is 5. The molecule has 1 N–H and O–H groups in total. The molecule has 4 aromatic rings. The largest absolute Gasteiger partial charge is 0.497 e. The number of benzene rings is 3. The fraction of sp³-hybridized carbons (Fsp3) is 0.0833. The number of carbonyl (C=O) groups is 1. The van der Waals surface area contributed by atoms with Crippen LogP contribution in [0.2, 0.25) is 0 Å². The average Bonchev–Trinajstić information content (AvgIpc) is 3.22. The lowest BCUT2D eigenvalue weighted by molar-refractivity contribution is 0.102. The summed E-state index contributed by atoms with van der Waals surface area (Å²) in [7, 11) is 1.62. The predicted octanol–water partition coefficient (Wildman–Crippen LogP) is 6.17. The van der Waals surface area contributed by atoms with Gasteiger partial charge in [-0.25, -0.2) is 4.98 Å². The quantitative estimate of drug-likeness (QED) is 0.408. The van der Waals surface area contributed by atoms with Gasteiger partial charge in [-0.2, -0.15) is 0 Å². The van der Waals surface area contributed by atoms with E-state index in [-0.39, 0.29) is 5.91 Å². The molecule has 1 amide bonds. The molecule has 0 saturated carbocycles. The van der Waals surface area contributed by atoms with Crippen molar-refractivity contribution in [1.82, 2.24) is 4.98 Å². The third-order valence-corrected chi connectivity index (χ3v) is 5.24. The number of hydrogen-bond donors (Lipinski definition) is 1. The van der Waals surface area contributed by atoms with Crippen LogP contribution < -0.4 is 14.8 Å². The molecule has 0 bridgehead atoms. The summed E-state index contributed by atoms with van der Waals surface area (Å²) in [6.45, 7) is 1.98. The van der Waals surface area contributed by atoms with E-state index in [0.717, 1.165) is 22.0 Å². The van der Waals surface area contributed by atoms with E-state index in [1.165, 1.54) is 0 Å². The summed E-state index contributed by atoms with van der Waals surface area (Å²) in [5.74, 6) is 2.00. The van der Waals surface area contributed by atoms with Crippen molar-refractivity contribution in [2.75, 3.05) is 12.4 Å². The van der Waals surface area contributed by atoms with E-state index in [1.807, 2.05) is 73.0 Å². The van der Waals surface area contributed by atoms with Crippen molar-refractivity contribution < 1.29 is 14.3 Å². The summed E-state index contributed by atoms with van der Waals surface area (Å²) < 4.78 is 10.9. The van der Waals surface area contributed by atoms with Gasteiger partial charge in [-0.3, -0.25) is 4.79 Å². The van der Waals surface area contributed by atoms with Gasteiger partial charge in [0.2, 0.25) is 0 Å². The number of rotatable bonds is 6. The average molecular weight is 417 g/mol. The molecule has 1 heterocycles. The van der Waals surface area contributed by atoms with Crippen molar-refractivity contribution in [3.63, 3.8) is 0 Å². The third kappa shape index (κ3) is 4.67. The van der Waals surface area contributed by atoms with E-state index in [0.29, 0.717) is 22.7 Å². The lowest BCUT2D eigenvalue weighted by Gasteiger charge is -2.09. The molecule has 150 valence electrons. The van der Waals surface area contributed by atoms with Crippen molar-refractivity contribution in [3.05, 3.63) is 88.7 Å². The Morgan fingerprint density at radius 2 is 1.47 bits per heavy atom. The van der Waals surface area contributed by atoms with E-state index in [9.17, 15) is 4.79 Å². The van der Waals surface area contributed by atoms with Gasteiger partial charge in [0.25, 0.3) is 5.91 Å². The fourth-order valence-corrected chi connectivity index (χ4v) is 3.50. The van der Waals surface area contributed by atoms with E-state index in [1.54, 1.807) is 30.6 Å². The first-order valence-electron chi connectivity index (χ1n) is 9.36. The molecule has 4 rings (SSSR count). The first kappa shape index (κ1) is 19.7. The van der Waals surface area contributed by atoms with Crippen molar-refractivity contribution >= 4 is 22.9 Å². The second kappa shape index (κ2) is 8.80. The Kier molecular flexibility index (Phi) is 5.77. The molecular formula is C24H20N2O3S. The zero-order valence-corrected chi connectivity index (χ0v) is 17.4. The van der Waals surface area contributed by atoms with Gasteiger partial charge in [-0.05, 0) is 67.6 Å². The number of carbonyl (C=O) groups excluding carboxylic acids is 1. The van der Waals surface area contributed by atoms with Gasteiger partial charge in [0.05, 0.1) is 17.8 Å². The highest BCUT2D eigenvalue weighted by molar-refractivity contribution is 7.09. The first-order chi connectivity index (χ1) is 14.6. The number of thiazole rings is 1. The van der Waals surface area contributed by atoms with Gasteiger partial charge in [0.1, 0.15) is 17.2 Å². The molecular weight excluding hydrogens is 396 g/mol. The van der Waals surface area contributed by atoms with Crippen LogP contribution in [0.5, 0.6) is 17.2 Å². The number of aryl methyl sites for hydroxylation is 1. The van der Waals surface area contributed by atoms with Gasteiger partial charge in [0, 0.05) is 22.2 Å². The zero-order valence-electron chi connectivity index (χ0n) is 16.6. The van der Waals surface area contributed by atoms with Gasteiger partial charge in [0.15, 0.2) is 0 Å². The minimum Gasteiger partial charge on any atom is -0.497 e. The Bertz CT molecular complexity index is 1130. The van der Waals surface area contributed by atoms with Crippen LogP contribution in [-0.4, -0.2) is 18.0 Å². The van der Waals surface area contributed by atoms with E-state index in [4.69, 9.17) is 9.47 Å². The molecule has 3 aromatic carbocycles. The summed E-state index contributed by atoms with van der Waals surface area (Å²) in [5, 5.41) is 5.94. The Balaban J connectivity index is 1.38. The van der Waals surface area contributed by atoms with Crippen LogP contribution in [0, 0.1) is 6.92 Å². The normalized spacial score (nSPS) is 10.5. The molecule has 0 radical (unpaired) electrons. The molecule has 0 aliphatic carbocycles. The second-order valence-electron chi connectivity index (χ2n) is 6.59. The molecule has 0 spiro atoms. The van der Waals surface area contributed by atoms with Gasteiger partial charge < -0.3 is 14.8 Å². The molecule has 5 nitrogen and oxygen atoms in total. The smallest absolute Gasteiger partial charge is 0.255 e. The van der Waals surface area contributed by atoms with Crippen molar-refractivity contribution in [2.45, 2.75) is 6.92 Å². The molecule has 30 heavy (non-hydrogen) atoms. The third-order valence-electron chi connectivity index (χ3n) is 4.47. The van der Waals surface area contributed by atoms with Gasteiger partial charge in [-0.1, -0.05) is 12.1 Å². The van der Waals surface area contributed by atoms with Gasteiger partial charge in [-0.15, -0.1) is 11.3 Å². The first-order valence-corrected chi connectivity index (χ1v) is 10.2. The molecule has 0 aliphatic rings. The summed E-state index contributed by atoms with van der Waals surface area (Å²) >= 11 is 1.61. The summed E-state index contributed by atoms with van der Waals surface area (Å²) in [6.07, 6.45) is 0. The maximum absolute atomic E-state index is 12.5. The Hall–Kier alpha value is -3.64. The van der Waals surface area contributed by atoms with Crippen LogP contribution >= 0.6 is 11.3 Å². The van der Waals surface area contributed by atoms with Crippen LogP contribution in [0.4, 0.5) is 5.69 Å². The SMILES string of the molecule is COc1ccc(Oc2ccc(NC(=O)c3ccc(-c4csc(C)n4)cc3)cc2)cc1. The zero-order chi connectivity index (χ0) is 20.9. The molecule has 0 saturated heterocycles. The maximum atomic E-state index is 12.5. The minimum atomic E-state index is -0.167.